The lowest BCUT2D eigenvalue weighted by Gasteiger charge is -2.39. The number of aliphatic hydroxyl groups is 5. The second-order valence-corrected chi connectivity index (χ2v) is 15.9. The van der Waals surface area contributed by atoms with Crippen LogP contribution in [0.4, 0.5) is 0 Å². The molecule has 1 rings (SSSR count). The van der Waals surface area contributed by atoms with E-state index >= 15 is 0 Å². The van der Waals surface area contributed by atoms with Gasteiger partial charge in [0.05, 0.1) is 29.3 Å². The Bertz CT molecular complexity index is 772. The van der Waals surface area contributed by atoms with Crippen LogP contribution in [-0.4, -0.2) is 79.7 Å². The Balaban J connectivity index is 3.03. The van der Waals surface area contributed by atoms with Crippen molar-refractivity contribution in [1.82, 2.24) is 10.6 Å². The van der Waals surface area contributed by atoms with E-state index in [-0.39, 0.29) is 29.2 Å². The van der Waals surface area contributed by atoms with E-state index in [1.54, 1.807) is 6.08 Å². The number of aliphatic hydroxyl groups excluding tert-OH is 5. The van der Waals surface area contributed by atoms with Crippen LogP contribution < -0.4 is 10.6 Å². The maximum absolute atomic E-state index is 11.3. The van der Waals surface area contributed by atoms with Crippen molar-refractivity contribution in [2.24, 2.45) is 21.7 Å². The lowest BCUT2D eigenvalue weighted by molar-refractivity contribution is -0.0537. The maximum Gasteiger partial charge on any atom is 0.111 e. The van der Waals surface area contributed by atoms with Crippen molar-refractivity contribution in [3.05, 3.63) is 12.2 Å². The third kappa shape index (κ3) is 12.7. The van der Waals surface area contributed by atoms with Gasteiger partial charge in [0.2, 0.25) is 0 Å². The fourth-order valence-corrected chi connectivity index (χ4v) is 6.75. The highest BCUT2D eigenvalue weighted by molar-refractivity contribution is 7.80. The van der Waals surface area contributed by atoms with Crippen LogP contribution in [0, 0.1) is 21.7 Å². The van der Waals surface area contributed by atoms with Gasteiger partial charge in [0.25, 0.3) is 0 Å². The van der Waals surface area contributed by atoms with Crippen molar-refractivity contribution in [3.8, 4) is 0 Å². The van der Waals surface area contributed by atoms with Crippen molar-refractivity contribution in [1.29, 1.82) is 0 Å². The number of thiocarbonyl (C=S) groups is 1. The van der Waals surface area contributed by atoms with Crippen molar-refractivity contribution in [2.75, 3.05) is 6.54 Å². The summed E-state index contributed by atoms with van der Waals surface area (Å²) in [6.45, 7) is 21.7. The number of nitrogens with one attached hydrogen (secondary N) is 2. The molecule has 7 atom stereocenters. The standard InChI is InChI=1S/C30H58N2O5S/c1-27(2,3)17-29(7,8)15-24(38)32-20(16-31-19-12-11-13-21(33)26(37)25(19)36)22(34)14-23(35)30(9,10)18-28(4,5)6/h11,13,19-23,25-26,31,33-37H,12,14-18H2,1-10H3,(H,32,38). The zero-order chi connectivity index (χ0) is 29.7. The summed E-state index contributed by atoms with van der Waals surface area (Å²) in [5.74, 6) is 0. The van der Waals surface area contributed by atoms with Gasteiger partial charge in [0.1, 0.15) is 12.2 Å². The SMILES string of the molecule is CC(C)(C)CC(C)(C)CC(=S)NC(CNC1CC=CC(O)C(O)C1O)C(O)CC(O)C(C)(C)CC(C)(C)C. The van der Waals surface area contributed by atoms with E-state index < -0.39 is 48.0 Å². The van der Waals surface area contributed by atoms with Gasteiger partial charge in [0.15, 0.2) is 0 Å². The summed E-state index contributed by atoms with van der Waals surface area (Å²) < 4.78 is 0. The smallest absolute Gasteiger partial charge is 0.111 e. The van der Waals surface area contributed by atoms with Gasteiger partial charge in [-0.15, -0.1) is 0 Å². The number of rotatable bonds is 12. The molecule has 0 heterocycles. The molecule has 0 amide bonds. The summed E-state index contributed by atoms with van der Waals surface area (Å²) >= 11 is 5.75. The Morgan fingerprint density at radius 3 is 1.97 bits per heavy atom. The summed E-state index contributed by atoms with van der Waals surface area (Å²) in [7, 11) is 0. The molecule has 0 spiro atoms. The molecule has 0 bridgehead atoms. The van der Waals surface area contributed by atoms with Gasteiger partial charge in [-0.2, -0.15) is 0 Å². The molecule has 0 saturated carbocycles. The van der Waals surface area contributed by atoms with Crippen LogP contribution in [0.25, 0.3) is 0 Å². The first-order chi connectivity index (χ1) is 17.0. The molecule has 7 nitrogen and oxygen atoms in total. The first-order valence-corrected chi connectivity index (χ1v) is 14.5. The van der Waals surface area contributed by atoms with Gasteiger partial charge in [-0.25, -0.2) is 0 Å². The number of hydrogen-bond donors (Lipinski definition) is 7. The van der Waals surface area contributed by atoms with Crippen molar-refractivity contribution >= 4 is 17.2 Å². The molecule has 1 aliphatic carbocycles. The van der Waals surface area contributed by atoms with Gasteiger partial charge in [-0.1, -0.05) is 93.6 Å². The third-order valence-corrected chi connectivity index (χ3v) is 7.51. The predicted molar refractivity (Wildman–Crippen MR) is 160 cm³/mol. The summed E-state index contributed by atoms with van der Waals surface area (Å²) in [5.41, 5.74) is -0.253. The Morgan fingerprint density at radius 2 is 1.45 bits per heavy atom. The molecule has 0 aromatic rings. The molecule has 0 saturated heterocycles. The van der Waals surface area contributed by atoms with E-state index in [2.05, 4.69) is 66.0 Å². The predicted octanol–water partition coefficient (Wildman–Crippen LogP) is 3.70. The number of hydrogen-bond acceptors (Lipinski definition) is 7. The largest absolute Gasteiger partial charge is 0.392 e. The maximum atomic E-state index is 11.3. The average molecular weight is 559 g/mol. The van der Waals surface area contributed by atoms with Gasteiger partial charge in [-0.05, 0) is 40.9 Å². The topological polar surface area (TPSA) is 125 Å². The molecule has 0 fully saturated rings. The first-order valence-electron chi connectivity index (χ1n) is 14.1. The monoisotopic (exact) mass is 558 g/mol. The summed E-state index contributed by atoms with van der Waals surface area (Å²) in [6, 6.07) is -1.03. The Kier molecular flexibility index (Phi) is 12.9. The molecule has 8 heteroatoms. The minimum atomic E-state index is -1.30. The fourth-order valence-electron chi connectivity index (χ4n) is 6.21. The summed E-state index contributed by atoms with van der Waals surface area (Å²) in [4.78, 5) is 0.644. The molecule has 224 valence electrons. The quantitative estimate of drug-likeness (QED) is 0.143. The minimum Gasteiger partial charge on any atom is -0.392 e. The molecule has 1 aliphatic rings. The molecule has 7 N–H and O–H groups in total. The zero-order valence-corrected chi connectivity index (χ0v) is 26.4. The van der Waals surface area contributed by atoms with E-state index in [0.717, 1.165) is 12.8 Å². The Hall–Kier alpha value is -0.610. The van der Waals surface area contributed by atoms with Crippen LogP contribution in [0.3, 0.4) is 0 Å². The van der Waals surface area contributed by atoms with Crippen molar-refractivity contribution in [3.63, 3.8) is 0 Å². The first kappa shape index (κ1) is 35.4. The molecule has 0 aliphatic heterocycles. The van der Waals surface area contributed by atoms with Gasteiger partial charge in [-0.3, -0.25) is 0 Å². The molecular formula is C30H58N2O5S. The highest BCUT2D eigenvalue weighted by Crippen LogP contribution is 2.38. The molecule has 38 heavy (non-hydrogen) atoms. The Morgan fingerprint density at radius 1 is 0.895 bits per heavy atom. The highest BCUT2D eigenvalue weighted by atomic mass is 32.1. The van der Waals surface area contributed by atoms with Crippen molar-refractivity contribution < 1.29 is 25.5 Å². The van der Waals surface area contributed by atoms with E-state index in [9.17, 15) is 25.5 Å². The van der Waals surface area contributed by atoms with Gasteiger partial charge in [0, 0.05) is 25.4 Å². The summed E-state index contributed by atoms with van der Waals surface area (Å²) in [6.07, 6.45) is 0.998. The second-order valence-electron chi connectivity index (χ2n) is 15.4. The highest BCUT2D eigenvalue weighted by Gasteiger charge is 2.37. The molecule has 0 aromatic carbocycles. The lowest BCUT2D eigenvalue weighted by atomic mass is 9.71. The molecule has 0 radical (unpaired) electrons. The normalized spacial score (nSPS) is 26.0. The molecule has 0 aromatic heterocycles. The minimum absolute atomic E-state index is 0.0311. The lowest BCUT2D eigenvalue weighted by Crippen LogP contribution is -2.56. The average Bonchev–Trinajstić information content (AvgIpc) is 2.80. The van der Waals surface area contributed by atoms with Crippen LogP contribution in [0.15, 0.2) is 12.2 Å². The third-order valence-electron chi connectivity index (χ3n) is 7.25. The fraction of sp³-hybridized carbons (Fsp3) is 0.900. The second kappa shape index (κ2) is 13.8. The van der Waals surface area contributed by atoms with Crippen molar-refractivity contribution in [2.45, 2.75) is 144 Å². The zero-order valence-electron chi connectivity index (χ0n) is 25.6. The van der Waals surface area contributed by atoms with E-state index in [4.69, 9.17) is 12.2 Å². The summed E-state index contributed by atoms with van der Waals surface area (Å²) in [5, 5.41) is 59.8. The van der Waals surface area contributed by atoms with Crippen LogP contribution in [0.5, 0.6) is 0 Å². The van der Waals surface area contributed by atoms with E-state index in [0.29, 0.717) is 17.8 Å². The molecular weight excluding hydrogens is 500 g/mol. The molecule has 7 unspecified atom stereocenters. The van der Waals surface area contributed by atoms with Gasteiger partial charge >= 0.3 is 0 Å². The Labute approximate surface area is 237 Å². The van der Waals surface area contributed by atoms with Crippen LogP contribution in [0.2, 0.25) is 0 Å². The van der Waals surface area contributed by atoms with Gasteiger partial charge < -0.3 is 36.2 Å². The van der Waals surface area contributed by atoms with Crippen LogP contribution >= 0.6 is 12.2 Å². The van der Waals surface area contributed by atoms with Crippen LogP contribution in [-0.2, 0) is 0 Å². The van der Waals surface area contributed by atoms with E-state index in [1.807, 2.05) is 13.8 Å². The van der Waals surface area contributed by atoms with E-state index in [1.165, 1.54) is 6.08 Å². The van der Waals surface area contributed by atoms with Crippen LogP contribution in [0.1, 0.15) is 101 Å².